The van der Waals surface area contributed by atoms with E-state index >= 15 is 0 Å². The SMILES string of the molecule is C=CCn1c(-c2ccc(OC)cc2)[n+](CC=C)c2ccccc21. The summed E-state index contributed by atoms with van der Waals surface area (Å²) in [6, 6.07) is 16.6. The van der Waals surface area contributed by atoms with Crippen LogP contribution in [0.2, 0.25) is 0 Å². The van der Waals surface area contributed by atoms with Crippen molar-refractivity contribution in [1.29, 1.82) is 0 Å². The Bertz CT molecular complexity index is 797. The lowest BCUT2D eigenvalue weighted by molar-refractivity contribution is -0.650. The van der Waals surface area contributed by atoms with Gasteiger partial charge in [-0.15, -0.1) is 0 Å². The van der Waals surface area contributed by atoms with Crippen LogP contribution >= 0.6 is 0 Å². The minimum atomic E-state index is 0.756. The van der Waals surface area contributed by atoms with Crippen molar-refractivity contribution in [3.05, 3.63) is 73.8 Å². The Balaban J connectivity index is 2.30. The van der Waals surface area contributed by atoms with Gasteiger partial charge in [0.2, 0.25) is 0 Å². The Labute approximate surface area is 136 Å². The molecule has 0 N–H and O–H groups in total. The van der Waals surface area contributed by atoms with Gasteiger partial charge < -0.3 is 4.74 Å². The van der Waals surface area contributed by atoms with Crippen LogP contribution in [0.25, 0.3) is 22.4 Å². The third-order valence-electron chi connectivity index (χ3n) is 3.95. The first-order valence-corrected chi connectivity index (χ1v) is 7.67. The molecule has 0 radical (unpaired) electrons. The molecule has 3 aromatic rings. The van der Waals surface area contributed by atoms with Gasteiger partial charge in [-0.25, -0.2) is 9.13 Å². The van der Waals surface area contributed by atoms with E-state index < -0.39 is 0 Å². The molecule has 0 unspecified atom stereocenters. The van der Waals surface area contributed by atoms with E-state index in [-0.39, 0.29) is 0 Å². The van der Waals surface area contributed by atoms with Gasteiger partial charge >= 0.3 is 0 Å². The normalized spacial score (nSPS) is 10.7. The topological polar surface area (TPSA) is 18.0 Å². The van der Waals surface area contributed by atoms with Crippen LogP contribution in [-0.4, -0.2) is 11.7 Å². The number of hydrogen-bond acceptors (Lipinski definition) is 1. The molecule has 0 saturated heterocycles. The second kappa shape index (κ2) is 6.53. The Morgan fingerprint density at radius 1 is 1.04 bits per heavy atom. The maximum Gasteiger partial charge on any atom is 0.290 e. The highest BCUT2D eigenvalue weighted by molar-refractivity contribution is 5.76. The summed E-state index contributed by atoms with van der Waals surface area (Å²) in [5, 5.41) is 0. The molecule has 2 aromatic carbocycles. The van der Waals surface area contributed by atoms with E-state index in [0.29, 0.717) is 0 Å². The minimum Gasteiger partial charge on any atom is -0.497 e. The average molecular weight is 305 g/mol. The fourth-order valence-corrected chi connectivity index (χ4v) is 2.97. The zero-order chi connectivity index (χ0) is 16.2. The summed E-state index contributed by atoms with van der Waals surface area (Å²) < 4.78 is 9.84. The van der Waals surface area contributed by atoms with Gasteiger partial charge in [0.1, 0.15) is 18.8 Å². The van der Waals surface area contributed by atoms with Crippen molar-refractivity contribution in [2.75, 3.05) is 7.11 Å². The third-order valence-corrected chi connectivity index (χ3v) is 3.95. The monoisotopic (exact) mass is 305 g/mol. The lowest BCUT2D eigenvalue weighted by Gasteiger charge is -2.04. The molecule has 3 rings (SSSR count). The maximum absolute atomic E-state index is 5.27. The molecule has 0 amide bonds. The number of methoxy groups -OCH3 is 1. The van der Waals surface area contributed by atoms with E-state index in [9.17, 15) is 0 Å². The summed E-state index contributed by atoms with van der Waals surface area (Å²) >= 11 is 0. The van der Waals surface area contributed by atoms with Crippen LogP contribution in [0.1, 0.15) is 0 Å². The molecule has 0 aliphatic rings. The van der Waals surface area contributed by atoms with Crippen LogP contribution in [0.3, 0.4) is 0 Å². The molecule has 1 heterocycles. The lowest BCUT2D eigenvalue weighted by Crippen LogP contribution is -2.34. The summed E-state index contributed by atoms with van der Waals surface area (Å²) in [6.45, 7) is 9.33. The van der Waals surface area contributed by atoms with Gasteiger partial charge in [0.05, 0.1) is 12.7 Å². The quantitative estimate of drug-likeness (QED) is 0.498. The first kappa shape index (κ1) is 15.1. The van der Waals surface area contributed by atoms with Crippen molar-refractivity contribution in [3.8, 4) is 17.1 Å². The highest BCUT2D eigenvalue weighted by atomic mass is 16.5. The third kappa shape index (κ3) is 2.66. The summed E-state index contributed by atoms with van der Waals surface area (Å²) in [5.74, 6) is 2.00. The van der Waals surface area contributed by atoms with Gasteiger partial charge in [-0.2, -0.15) is 0 Å². The van der Waals surface area contributed by atoms with Crippen molar-refractivity contribution in [1.82, 2.24) is 4.57 Å². The summed E-state index contributed by atoms with van der Waals surface area (Å²) in [7, 11) is 1.68. The van der Waals surface area contributed by atoms with Crippen molar-refractivity contribution in [2.45, 2.75) is 13.1 Å². The molecule has 3 heteroatoms. The Morgan fingerprint density at radius 3 is 2.43 bits per heavy atom. The van der Waals surface area contributed by atoms with E-state index in [4.69, 9.17) is 4.74 Å². The smallest absolute Gasteiger partial charge is 0.290 e. The predicted molar refractivity (Wildman–Crippen MR) is 94.5 cm³/mol. The molecular formula is C20H21N2O+. The molecule has 1 aromatic heterocycles. The fourth-order valence-electron chi connectivity index (χ4n) is 2.97. The Morgan fingerprint density at radius 2 is 1.78 bits per heavy atom. The van der Waals surface area contributed by atoms with Crippen LogP contribution < -0.4 is 9.30 Å². The molecule has 0 saturated carbocycles. The summed E-state index contributed by atoms with van der Waals surface area (Å²) in [6.07, 6.45) is 3.86. The predicted octanol–water partition coefficient (Wildman–Crippen LogP) is 3.98. The van der Waals surface area contributed by atoms with E-state index in [0.717, 1.165) is 30.2 Å². The maximum atomic E-state index is 5.27. The molecule has 116 valence electrons. The molecule has 3 nitrogen and oxygen atoms in total. The van der Waals surface area contributed by atoms with Crippen molar-refractivity contribution in [2.24, 2.45) is 0 Å². The van der Waals surface area contributed by atoms with Gasteiger partial charge in [-0.3, -0.25) is 0 Å². The molecule has 0 spiro atoms. The zero-order valence-electron chi connectivity index (χ0n) is 13.4. The van der Waals surface area contributed by atoms with Crippen LogP contribution in [-0.2, 0) is 13.1 Å². The van der Waals surface area contributed by atoms with Crippen LogP contribution in [0.5, 0.6) is 5.75 Å². The molecular weight excluding hydrogens is 284 g/mol. The second-order valence-corrected chi connectivity index (χ2v) is 5.34. The number of ether oxygens (including phenoxy) is 1. The molecule has 0 aliphatic heterocycles. The highest BCUT2D eigenvalue weighted by Gasteiger charge is 2.24. The van der Waals surface area contributed by atoms with Crippen molar-refractivity contribution in [3.63, 3.8) is 0 Å². The first-order valence-electron chi connectivity index (χ1n) is 7.67. The van der Waals surface area contributed by atoms with Gasteiger partial charge in [-0.1, -0.05) is 37.4 Å². The molecule has 0 aliphatic carbocycles. The number of imidazole rings is 1. The fraction of sp³-hybridized carbons (Fsp3) is 0.150. The van der Waals surface area contributed by atoms with Crippen LogP contribution in [0.4, 0.5) is 0 Å². The van der Waals surface area contributed by atoms with Gasteiger partial charge in [-0.05, 0) is 36.4 Å². The van der Waals surface area contributed by atoms with Gasteiger partial charge in [0, 0.05) is 0 Å². The van der Waals surface area contributed by atoms with E-state index in [1.165, 1.54) is 11.0 Å². The van der Waals surface area contributed by atoms with Crippen LogP contribution in [0, 0.1) is 0 Å². The number of aromatic nitrogens is 2. The molecule has 0 bridgehead atoms. The number of fused-ring (bicyclic) bond motifs is 1. The van der Waals surface area contributed by atoms with Crippen molar-refractivity contribution >= 4 is 11.0 Å². The van der Waals surface area contributed by atoms with Crippen LogP contribution in [0.15, 0.2) is 73.8 Å². The lowest BCUT2D eigenvalue weighted by atomic mass is 10.2. The number of para-hydroxylation sites is 2. The van der Waals surface area contributed by atoms with E-state index in [1.54, 1.807) is 7.11 Å². The molecule has 0 atom stereocenters. The molecule has 0 fully saturated rings. The second-order valence-electron chi connectivity index (χ2n) is 5.34. The van der Waals surface area contributed by atoms with E-state index in [1.807, 2.05) is 24.3 Å². The first-order chi connectivity index (χ1) is 11.3. The largest absolute Gasteiger partial charge is 0.497 e. The Hall–Kier alpha value is -2.81. The number of nitrogens with zero attached hydrogens (tertiary/aromatic N) is 2. The number of hydrogen-bond donors (Lipinski definition) is 0. The minimum absolute atomic E-state index is 0.756. The van der Waals surface area contributed by atoms with Gasteiger partial charge in [0.15, 0.2) is 11.0 Å². The standard InChI is InChI=1S/C20H21N2O/c1-4-14-21-18-8-6-7-9-19(18)22(15-5-2)20(21)16-10-12-17(23-3)13-11-16/h4-13H,1-2,14-15H2,3H3/q+1. The number of allylic oxidation sites excluding steroid dienone is 2. The zero-order valence-corrected chi connectivity index (χ0v) is 13.4. The molecule has 23 heavy (non-hydrogen) atoms. The average Bonchev–Trinajstić information content (AvgIpc) is 2.90. The number of rotatable bonds is 6. The summed E-state index contributed by atoms with van der Waals surface area (Å²) in [4.78, 5) is 0. The van der Waals surface area contributed by atoms with Crippen molar-refractivity contribution < 1.29 is 9.30 Å². The Kier molecular flexibility index (Phi) is 4.29. The van der Waals surface area contributed by atoms with E-state index in [2.05, 4.69) is 58.7 Å². The highest BCUT2D eigenvalue weighted by Crippen LogP contribution is 2.25. The van der Waals surface area contributed by atoms with Gasteiger partial charge in [0.25, 0.3) is 5.82 Å². The summed E-state index contributed by atoms with van der Waals surface area (Å²) in [5.41, 5.74) is 3.53. The number of benzene rings is 2.